The van der Waals surface area contributed by atoms with Crippen LogP contribution in [0.3, 0.4) is 0 Å². The molecule has 2 rings (SSSR count). The number of nitrogens with two attached hydrogens (primary N) is 1. The lowest BCUT2D eigenvalue weighted by Gasteiger charge is -2.47. The Hall–Kier alpha value is -0.770. The Morgan fingerprint density at radius 2 is 1.95 bits per heavy atom. The fourth-order valence-electron chi connectivity index (χ4n) is 3.18. The standard InChI is InChI=1S/C15H28N2O2/c1-15(2,3)19-14(18)17-9-12(10-17)13(7-8-16)11-5-4-6-11/h11-13H,4-10,16H2,1-3H3. The molecule has 1 aliphatic carbocycles. The normalized spacial score (nSPS) is 22.6. The number of carbonyl (C=O) groups is 1. The molecular weight excluding hydrogens is 240 g/mol. The topological polar surface area (TPSA) is 55.6 Å². The highest BCUT2D eigenvalue weighted by Crippen LogP contribution is 2.42. The van der Waals surface area contributed by atoms with Gasteiger partial charge in [0.05, 0.1) is 0 Å². The average molecular weight is 268 g/mol. The van der Waals surface area contributed by atoms with Crippen LogP contribution in [-0.4, -0.2) is 36.2 Å². The lowest BCUT2D eigenvalue weighted by Crippen LogP contribution is -2.55. The molecule has 19 heavy (non-hydrogen) atoms. The SMILES string of the molecule is CC(C)(C)OC(=O)N1CC(C(CCN)C2CCC2)C1. The molecule has 0 aromatic heterocycles. The smallest absolute Gasteiger partial charge is 0.410 e. The number of nitrogens with zero attached hydrogens (tertiary/aromatic N) is 1. The number of hydrogen-bond donors (Lipinski definition) is 1. The van der Waals surface area contributed by atoms with Crippen LogP contribution in [0, 0.1) is 17.8 Å². The summed E-state index contributed by atoms with van der Waals surface area (Å²) in [6.07, 6.45) is 5.02. The molecule has 1 saturated heterocycles. The summed E-state index contributed by atoms with van der Waals surface area (Å²) in [5.74, 6) is 2.22. The predicted molar refractivity (Wildman–Crippen MR) is 75.8 cm³/mol. The highest BCUT2D eigenvalue weighted by molar-refractivity contribution is 5.69. The molecule has 0 aromatic rings. The van der Waals surface area contributed by atoms with Crippen LogP contribution >= 0.6 is 0 Å². The molecule has 1 heterocycles. The van der Waals surface area contributed by atoms with Crippen molar-refractivity contribution >= 4 is 6.09 Å². The van der Waals surface area contributed by atoms with Crippen LogP contribution in [0.4, 0.5) is 4.79 Å². The summed E-state index contributed by atoms with van der Waals surface area (Å²) in [6.45, 7) is 8.21. The first-order valence-electron chi connectivity index (χ1n) is 7.58. The van der Waals surface area contributed by atoms with E-state index in [0.717, 1.165) is 37.9 Å². The first-order valence-corrected chi connectivity index (χ1v) is 7.58. The van der Waals surface area contributed by atoms with E-state index < -0.39 is 5.60 Å². The molecule has 0 radical (unpaired) electrons. The molecule has 4 heteroatoms. The molecule has 2 fully saturated rings. The van der Waals surface area contributed by atoms with E-state index in [2.05, 4.69) is 0 Å². The van der Waals surface area contributed by atoms with Crippen molar-refractivity contribution in [1.29, 1.82) is 0 Å². The average Bonchev–Trinajstić information content (AvgIpc) is 2.09. The third-order valence-corrected chi connectivity index (χ3v) is 4.42. The van der Waals surface area contributed by atoms with E-state index in [-0.39, 0.29) is 6.09 Å². The maximum absolute atomic E-state index is 11.9. The first kappa shape index (κ1) is 14.6. The van der Waals surface area contributed by atoms with Crippen LogP contribution < -0.4 is 5.73 Å². The Kier molecular flexibility index (Phi) is 4.39. The second-order valence-corrected chi connectivity index (χ2v) is 7.08. The van der Waals surface area contributed by atoms with Crippen LogP contribution in [0.1, 0.15) is 46.5 Å². The van der Waals surface area contributed by atoms with Crippen LogP contribution in [0.2, 0.25) is 0 Å². The van der Waals surface area contributed by atoms with Gasteiger partial charge in [-0.2, -0.15) is 0 Å². The van der Waals surface area contributed by atoms with Gasteiger partial charge < -0.3 is 15.4 Å². The van der Waals surface area contributed by atoms with Gasteiger partial charge in [-0.3, -0.25) is 0 Å². The zero-order chi connectivity index (χ0) is 14.0. The van der Waals surface area contributed by atoms with Crippen LogP contribution in [0.15, 0.2) is 0 Å². The Balaban J connectivity index is 1.79. The van der Waals surface area contributed by atoms with Crippen molar-refractivity contribution in [3.8, 4) is 0 Å². The molecule has 1 atom stereocenters. The van der Waals surface area contributed by atoms with Crippen molar-refractivity contribution in [2.24, 2.45) is 23.5 Å². The summed E-state index contributed by atoms with van der Waals surface area (Å²) in [6, 6.07) is 0. The minimum atomic E-state index is -0.396. The molecule has 0 spiro atoms. The van der Waals surface area contributed by atoms with Gasteiger partial charge in [0.1, 0.15) is 5.60 Å². The summed E-state index contributed by atoms with van der Waals surface area (Å²) in [7, 11) is 0. The summed E-state index contributed by atoms with van der Waals surface area (Å²) in [5, 5.41) is 0. The molecule has 1 aliphatic heterocycles. The molecule has 2 N–H and O–H groups in total. The van der Waals surface area contributed by atoms with Crippen LogP contribution in [-0.2, 0) is 4.74 Å². The van der Waals surface area contributed by atoms with Gasteiger partial charge in [0.15, 0.2) is 0 Å². The number of likely N-dealkylation sites (tertiary alicyclic amines) is 1. The number of ether oxygens (including phenoxy) is 1. The Morgan fingerprint density at radius 3 is 2.37 bits per heavy atom. The van der Waals surface area contributed by atoms with Crippen molar-refractivity contribution in [2.75, 3.05) is 19.6 Å². The molecular formula is C15H28N2O2. The van der Waals surface area contributed by atoms with E-state index in [1.165, 1.54) is 19.3 Å². The van der Waals surface area contributed by atoms with Crippen molar-refractivity contribution in [3.63, 3.8) is 0 Å². The maximum atomic E-state index is 11.9. The van der Waals surface area contributed by atoms with Gasteiger partial charge in [-0.15, -0.1) is 0 Å². The number of rotatable bonds is 4. The quantitative estimate of drug-likeness (QED) is 0.852. The summed E-state index contributed by atoms with van der Waals surface area (Å²) >= 11 is 0. The molecule has 1 amide bonds. The molecule has 1 saturated carbocycles. The van der Waals surface area contributed by atoms with E-state index >= 15 is 0 Å². The number of amides is 1. The van der Waals surface area contributed by atoms with Gasteiger partial charge in [0.2, 0.25) is 0 Å². The van der Waals surface area contributed by atoms with Crippen LogP contribution in [0.5, 0.6) is 0 Å². The van der Waals surface area contributed by atoms with Gasteiger partial charge in [-0.25, -0.2) is 4.79 Å². The van der Waals surface area contributed by atoms with E-state index in [9.17, 15) is 4.79 Å². The molecule has 4 nitrogen and oxygen atoms in total. The third kappa shape index (κ3) is 3.62. The summed E-state index contributed by atoms with van der Waals surface area (Å²) in [5.41, 5.74) is 5.34. The second kappa shape index (κ2) is 5.70. The van der Waals surface area contributed by atoms with Gasteiger partial charge in [0.25, 0.3) is 0 Å². The number of carbonyl (C=O) groups excluding carboxylic acids is 1. The molecule has 110 valence electrons. The van der Waals surface area contributed by atoms with E-state index in [1.807, 2.05) is 25.7 Å². The molecule has 1 unspecified atom stereocenters. The summed E-state index contributed by atoms with van der Waals surface area (Å²) in [4.78, 5) is 13.7. The van der Waals surface area contributed by atoms with E-state index in [1.54, 1.807) is 0 Å². The molecule has 0 aromatic carbocycles. The van der Waals surface area contributed by atoms with E-state index in [0.29, 0.717) is 5.92 Å². The highest BCUT2D eigenvalue weighted by Gasteiger charge is 2.41. The highest BCUT2D eigenvalue weighted by atomic mass is 16.6. The van der Waals surface area contributed by atoms with Crippen LogP contribution in [0.25, 0.3) is 0 Å². The zero-order valence-corrected chi connectivity index (χ0v) is 12.5. The Morgan fingerprint density at radius 1 is 1.32 bits per heavy atom. The predicted octanol–water partition coefficient (Wildman–Crippen LogP) is 2.62. The molecule has 0 bridgehead atoms. The van der Waals surface area contributed by atoms with Crippen molar-refractivity contribution in [3.05, 3.63) is 0 Å². The minimum Gasteiger partial charge on any atom is -0.444 e. The van der Waals surface area contributed by atoms with Gasteiger partial charge in [0, 0.05) is 13.1 Å². The van der Waals surface area contributed by atoms with Crippen molar-refractivity contribution < 1.29 is 9.53 Å². The second-order valence-electron chi connectivity index (χ2n) is 7.08. The third-order valence-electron chi connectivity index (χ3n) is 4.42. The molecule has 2 aliphatic rings. The maximum Gasteiger partial charge on any atom is 0.410 e. The van der Waals surface area contributed by atoms with Gasteiger partial charge in [-0.1, -0.05) is 19.3 Å². The summed E-state index contributed by atoms with van der Waals surface area (Å²) < 4.78 is 5.39. The van der Waals surface area contributed by atoms with Gasteiger partial charge >= 0.3 is 6.09 Å². The minimum absolute atomic E-state index is 0.163. The lowest BCUT2D eigenvalue weighted by atomic mass is 9.67. The first-order chi connectivity index (χ1) is 8.90. The van der Waals surface area contributed by atoms with Gasteiger partial charge in [-0.05, 0) is 51.5 Å². The number of hydrogen-bond acceptors (Lipinski definition) is 3. The Bertz CT molecular complexity index is 315. The van der Waals surface area contributed by atoms with Crippen molar-refractivity contribution in [2.45, 2.75) is 52.1 Å². The van der Waals surface area contributed by atoms with Crippen molar-refractivity contribution in [1.82, 2.24) is 4.90 Å². The van der Waals surface area contributed by atoms with E-state index in [4.69, 9.17) is 10.5 Å². The monoisotopic (exact) mass is 268 g/mol. The Labute approximate surface area is 116 Å². The fourth-order valence-corrected chi connectivity index (χ4v) is 3.18. The largest absolute Gasteiger partial charge is 0.444 e. The zero-order valence-electron chi connectivity index (χ0n) is 12.5. The fraction of sp³-hybridized carbons (Fsp3) is 0.933. The lowest BCUT2D eigenvalue weighted by molar-refractivity contribution is -0.0243.